The van der Waals surface area contributed by atoms with Crippen molar-refractivity contribution in [3.8, 4) is 11.5 Å². The van der Waals surface area contributed by atoms with Gasteiger partial charge in [0.05, 0.1) is 0 Å². The Balaban J connectivity index is 1.43. The Labute approximate surface area is 145 Å². The van der Waals surface area contributed by atoms with Crippen LogP contribution < -0.4 is 9.47 Å². The third kappa shape index (κ3) is 3.18. The smallest absolute Gasteiger partial charge is 0.267 e. The summed E-state index contributed by atoms with van der Waals surface area (Å²) >= 11 is 0. The molecule has 2 aliphatic heterocycles. The Morgan fingerprint density at radius 3 is 2.96 bits per heavy atom. The van der Waals surface area contributed by atoms with Crippen LogP contribution in [0.15, 0.2) is 28.8 Å². The van der Waals surface area contributed by atoms with Crippen LogP contribution in [-0.2, 0) is 11.2 Å². The van der Waals surface area contributed by atoms with Crippen molar-refractivity contribution in [2.75, 3.05) is 19.7 Å². The summed E-state index contributed by atoms with van der Waals surface area (Å²) in [5.41, 5.74) is 0. The Morgan fingerprint density at radius 2 is 2.16 bits per heavy atom. The van der Waals surface area contributed by atoms with Gasteiger partial charge in [0.2, 0.25) is 12.0 Å². The number of carbonyl (C=O) groups excluding carboxylic acids is 1. The maximum Gasteiger partial charge on any atom is 0.267 e. The summed E-state index contributed by atoms with van der Waals surface area (Å²) in [4.78, 5) is 19.1. The van der Waals surface area contributed by atoms with Crippen molar-refractivity contribution < 1.29 is 18.8 Å². The van der Waals surface area contributed by atoms with Crippen molar-refractivity contribution in [1.82, 2.24) is 15.0 Å². The summed E-state index contributed by atoms with van der Waals surface area (Å²) in [5.74, 6) is 2.70. The molecule has 0 aliphatic carbocycles. The molecule has 1 aromatic carbocycles. The number of hydrogen-bond acceptors (Lipinski definition) is 6. The molecule has 1 amide bonds. The van der Waals surface area contributed by atoms with E-state index in [-0.39, 0.29) is 18.4 Å². The molecule has 0 bridgehead atoms. The summed E-state index contributed by atoms with van der Waals surface area (Å²) in [7, 11) is 0. The number of hydrogen-bond donors (Lipinski definition) is 0. The quantitative estimate of drug-likeness (QED) is 0.850. The van der Waals surface area contributed by atoms with Gasteiger partial charge in [0.1, 0.15) is 6.61 Å². The SMILES string of the molecule is CCc1nc([C@@H]2CCCN(C(=O)[C@H]3COc4ccccc4O3)C2)no1. The van der Waals surface area contributed by atoms with Crippen LogP contribution in [0.2, 0.25) is 0 Å². The number of ether oxygens (including phenoxy) is 2. The topological polar surface area (TPSA) is 77.7 Å². The zero-order valence-corrected chi connectivity index (χ0v) is 14.2. The highest BCUT2D eigenvalue weighted by Crippen LogP contribution is 2.32. The zero-order valence-electron chi connectivity index (χ0n) is 14.2. The lowest BCUT2D eigenvalue weighted by Crippen LogP contribution is -2.49. The van der Waals surface area contributed by atoms with Crippen LogP contribution in [0.3, 0.4) is 0 Å². The van der Waals surface area contributed by atoms with E-state index in [2.05, 4.69) is 10.1 Å². The first kappa shape index (κ1) is 15.9. The number of likely N-dealkylation sites (tertiary alicyclic amines) is 1. The average Bonchev–Trinajstić information content (AvgIpc) is 3.16. The Morgan fingerprint density at radius 1 is 1.32 bits per heavy atom. The van der Waals surface area contributed by atoms with Gasteiger partial charge < -0.3 is 18.9 Å². The van der Waals surface area contributed by atoms with Gasteiger partial charge >= 0.3 is 0 Å². The molecule has 7 nitrogen and oxygen atoms in total. The lowest BCUT2D eigenvalue weighted by Gasteiger charge is -2.35. The summed E-state index contributed by atoms with van der Waals surface area (Å²) in [6.45, 7) is 3.52. The molecule has 2 aromatic rings. The third-order valence-corrected chi connectivity index (χ3v) is 4.67. The molecule has 1 saturated heterocycles. The number of para-hydroxylation sites is 2. The lowest BCUT2D eigenvalue weighted by atomic mass is 9.97. The fraction of sp³-hybridized carbons (Fsp3) is 0.500. The van der Waals surface area contributed by atoms with Gasteiger partial charge in [-0.15, -0.1) is 0 Å². The molecule has 1 fully saturated rings. The maximum atomic E-state index is 12.9. The fourth-order valence-corrected chi connectivity index (χ4v) is 3.31. The number of aryl methyl sites for hydroxylation is 1. The minimum Gasteiger partial charge on any atom is -0.485 e. The highest BCUT2D eigenvalue weighted by atomic mass is 16.6. The standard InChI is InChI=1S/C18H21N3O4/c1-2-16-19-17(20-25-16)12-6-5-9-21(10-12)18(22)15-11-23-13-7-3-4-8-14(13)24-15/h3-4,7-8,12,15H,2,5-6,9-11H2,1H3/t12-,15-/m1/s1. The second-order valence-corrected chi connectivity index (χ2v) is 6.39. The van der Waals surface area contributed by atoms with E-state index in [0.29, 0.717) is 29.8 Å². The molecule has 0 N–H and O–H groups in total. The van der Waals surface area contributed by atoms with E-state index in [9.17, 15) is 4.79 Å². The number of nitrogens with zero attached hydrogens (tertiary/aromatic N) is 3. The summed E-state index contributed by atoms with van der Waals surface area (Å²) < 4.78 is 16.7. The molecule has 4 rings (SSSR count). The maximum absolute atomic E-state index is 12.9. The fourth-order valence-electron chi connectivity index (χ4n) is 3.31. The second-order valence-electron chi connectivity index (χ2n) is 6.39. The molecule has 0 radical (unpaired) electrons. The molecule has 7 heteroatoms. The van der Waals surface area contributed by atoms with Gasteiger partial charge in [0, 0.05) is 25.4 Å². The van der Waals surface area contributed by atoms with Crippen LogP contribution in [0.5, 0.6) is 11.5 Å². The van der Waals surface area contributed by atoms with Gasteiger partial charge in [0.15, 0.2) is 17.3 Å². The first-order valence-electron chi connectivity index (χ1n) is 8.74. The van der Waals surface area contributed by atoms with Crippen molar-refractivity contribution in [2.45, 2.75) is 38.2 Å². The summed E-state index contributed by atoms with van der Waals surface area (Å²) in [6, 6.07) is 7.41. The minimum absolute atomic E-state index is 0.0431. The monoisotopic (exact) mass is 343 g/mol. The van der Waals surface area contributed by atoms with Crippen molar-refractivity contribution in [3.05, 3.63) is 36.0 Å². The molecule has 25 heavy (non-hydrogen) atoms. The Bertz CT molecular complexity index is 760. The van der Waals surface area contributed by atoms with Gasteiger partial charge in [-0.2, -0.15) is 4.98 Å². The van der Waals surface area contributed by atoms with Crippen LogP contribution in [0.25, 0.3) is 0 Å². The number of aromatic nitrogens is 2. The Hall–Kier alpha value is -2.57. The average molecular weight is 343 g/mol. The van der Waals surface area contributed by atoms with E-state index in [0.717, 1.165) is 25.8 Å². The van der Waals surface area contributed by atoms with Gasteiger partial charge in [-0.3, -0.25) is 4.79 Å². The van der Waals surface area contributed by atoms with E-state index in [4.69, 9.17) is 14.0 Å². The molecule has 2 aliphatic rings. The molecular formula is C18H21N3O4. The van der Waals surface area contributed by atoms with Crippen LogP contribution in [0, 0.1) is 0 Å². The van der Waals surface area contributed by atoms with E-state index < -0.39 is 6.10 Å². The molecule has 132 valence electrons. The van der Waals surface area contributed by atoms with Gasteiger partial charge in [-0.25, -0.2) is 0 Å². The van der Waals surface area contributed by atoms with Crippen LogP contribution in [-0.4, -0.2) is 46.7 Å². The van der Waals surface area contributed by atoms with E-state index >= 15 is 0 Å². The summed E-state index contributed by atoms with van der Waals surface area (Å²) in [6.07, 6.45) is 1.98. The Kier molecular flexibility index (Phi) is 4.29. The largest absolute Gasteiger partial charge is 0.485 e. The zero-order chi connectivity index (χ0) is 17.2. The molecule has 2 atom stereocenters. The van der Waals surface area contributed by atoms with Crippen molar-refractivity contribution >= 4 is 5.91 Å². The van der Waals surface area contributed by atoms with E-state index in [1.54, 1.807) is 0 Å². The molecule has 0 saturated carbocycles. The molecule has 0 unspecified atom stereocenters. The number of benzene rings is 1. The third-order valence-electron chi connectivity index (χ3n) is 4.67. The van der Waals surface area contributed by atoms with Gasteiger partial charge in [0.25, 0.3) is 5.91 Å². The lowest BCUT2D eigenvalue weighted by molar-refractivity contribution is -0.142. The summed E-state index contributed by atoms with van der Waals surface area (Å²) in [5, 5.41) is 4.07. The van der Waals surface area contributed by atoms with Crippen molar-refractivity contribution in [3.63, 3.8) is 0 Å². The van der Waals surface area contributed by atoms with Crippen molar-refractivity contribution in [1.29, 1.82) is 0 Å². The highest BCUT2D eigenvalue weighted by Gasteiger charge is 2.34. The second kappa shape index (κ2) is 6.74. The highest BCUT2D eigenvalue weighted by molar-refractivity contribution is 5.82. The number of piperidine rings is 1. The number of rotatable bonds is 3. The van der Waals surface area contributed by atoms with Crippen LogP contribution in [0.1, 0.15) is 37.4 Å². The predicted molar refractivity (Wildman–Crippen MR) is 88.6 cm³/mol. The first-order valence-corrected chi connectivity index (χ1v) is 8.74. The number of amides is 1. The van der Waals surface area contributed by atoms with E-state index in [1.165, 1.54) is 0 Å². The van der Waals surface area contributed by atoms with Crippen molar-refractivity contribution in [2.24, 2.45) is 0 Å². The van der Waals surface area contributed by atoms with Crippen LogP contribution in [0.4, 0.5) is 0 Å². The molecule has 3 heterocycles. The van der Waals surface area contributed by atoms with Crippen LogP contribution >= 0.6 is 0 Å². The van der Waals surface area contributed by atoms with Gasteiger partial charge in [-0.1, -0.05) is 24.2 Å². The number of fused-ring (bicyclic) bond motifs is 1. The van der Waals surface area contributed by atoms with Gasteiger partial charge in [-0.05, 0) is 25.0 Å². The number of carbonyl (C=O) groups is 1. The first-order chi connectivity index (χ1) is 12.2. The minimum atomic E-state index is -0.606. The molecule has 0 spiro atoms. The predicted octanol–water partition coefficient (Wildman–Crippen LogP) is 2.18. The normalized spacial score (nSPS) is 22.7. The van der Waals surface area contributed by atoms with E-state index in [1.807, 2.05) is 36.1 Å². The molecule has 1 aromatic heterocycles. The molecular weight excluding hydrogens is 322 g/mol.